The van der Waals surface area contributed by atoms with E-state index in [-0.39, 0.29) is 0 Å². The Hall–Kier alpha value is -2.50. The van der Waals surface area contributed by atoms with Gasteiger partial charge in [0.05, 0.1) is 19.9 Å². The first-order valence-electron chi connectivity index (χ1n) is 7.31. The van der Waals surface area contributed by atoms with Gasteiger partial charge in [-0.25, -0.2) is 9.97 Å². The van der Waals surface area contributed by atoms with Crippen LogP contribution in [0, 0.1) is 0 Å². The van der Waals surface area contributed by atoms with Crippen molar-refractivity contribution in [2.45, 2.75) is 19.8 Å². The lowest BCUT2D eigenvalue weighted by Gasteiger charge is -2.12. The van der Waals surface area contributed by atoms with Gasteiger partial charge in [-0.3, -0.25) is 0 Å². The molecule has 22 heavy (non-hydrogen) atoms. The van der Waals surface area contributed by atoms with E-state index in [9.17, 15) is 0 Å². The summed E-state index contributed by atoms with van der Waals surface area (Å²) in [4.78, 5) is 8.44. The monoisotopic (exact) mass is 302 g/mol. The third-order valence-corrected chi connectivity index (χ3v) is 3.17. The van der Waals surface area contributed by atoms with Crippen LogP contribution in [-0.4, -0.2) is 30.7 Å². The standard InChI is InChI=1S/C16H22N4O2/c1-4-5-8-17-15-10-16(19-11-18-15)20-13-7-6-12(21-2)9-14(13)22-3/h6-7,9-11H,4-5,8H2,1-3H3,(H2,17,18,19,20). The van der Waals surface area contributed by atoms with Gasteiger partial charge in [-0.15, -0.1) is 0 Å². The summed E-state index contributed by atoms with van der Waals surface area (Å²) in [5, 5.41) is 6.51. The minimum atomic E-state index is 0.693. The molecule has 0 atom stereocenters. The summed E-state index contributed by atoms with van der Waals surface area (Å²) in [6.07, 6.45) is 3.79. The molecule has 118 valence electrons. The summed E-state index contributed by atoms with van der Waals surface area (Å²) in [5.74, 6) is 2.95. The van der Waals surface area contributed by atoms with Crippen LogP contribution >= 0.6 is 0 Å². The van der Waals surface area contributed by atoms with Crippen LogP contribution in [0.2, 0.25) is 0 Å². The molecule has 6 nitrogen and oxygen atoms in total. The van der Waals surface area contributed by atoms with Crippen molar-refractivity contribution >= 4 is 17.3 Å². The first-order valence-corrected chi connectivity index (χ1v) is 7.31. The predicted octanol–water partition coefficient (Wildman–Crippen LogP) is 3.45. The second-order valence-electron chi connectivity index (χ2n) is 4.76. The van der Waals surface area contributed by atoms with Gasteiger partial charge in [0.1, 0.15) is 29.5 Å². The van der Waals surface area contributed by atoms with E-state index in [4.69, 9.17) is 9.47 Å². The van der Waals surface area contributed by atoms with Gasteiger partial charge in [0.15, 0.2) is 0 Å². The molecule has 0 fully saturated rings. The van der Waals surface area contributed by atoms with Crippen LogP contribution in [0.1, 0.15) is 19.8 Å². The van der Waals surface area contributed by atoms with Gasteiger partial charge in [0.25, 0.3) is 0 Å². The zero-order valence-corrected chi connectivity index (χ0v) is 13.2. The van der Waals surface area contributed by atoms with Crippen molar-refractivity contribution < 1.29 is 9.47 Å². The fourth-order valence-corrected chi connectivity index (χ4v) is 1.96. The highest BCUT2D eigenvalue weighted by Gasteiger charge is 2.06. The number of anilines is 3. The van der Waals surface area contributed by atoms with E-state index in [1.807, 2.05) is 24.3 Å². The maximum Gasteiger partial charge on any atom is 0.146 e. The van der Waals surface area contributed by atoms with Gasteiger partial charge in [-0.05, 0) is 18.6 Å². The predicted molar refractivity (Wildman–Crippen MR) is 88.3 cm³/mol. The smallest absolute Gasteiger partial charge is 0.146 e. The van der Waals surface area contributed by atoms with Crippen LogP contribution in [0.5, 0.6) is 11.5 Å². The first-order chi connectivity index (χ1) is 10.8. The van der Waals surface area contributed by atoms with Gasteiger partial charge in [0.2, 0.25) is 0 Å². The van der Waals surface area contributed by atoms with Crippen molar-refractivity contribution in [1.82, 2.24) is 9.97 Å². The molecule has 0 radical (unpaired) electrons. The Morgan fingerprint density at radius 1 is 1.05 bits per heavy atom. The normalized spacial score (nSPS) is 10.1. The summed E-state index contributed by atoms with van der Waals surface area (Å²) in [7, 11) is 3.25. The average molecular weight is 302 g/mol. The second kappa shape index (κ2) is 8.07. The fraction of sp³-hybridized carbons (Fsp3) is 0.375. The molecular formula is C16H22N4O2. The Morgan fingerprint density at radius 3 is 2.59 bits per heavy atom. The Bertz CT molecular complexity index is 604. The number of aromatic nitrogens is 2. The van der Waals surface area contributed by atoms with Crippen molar-refractivity contribution in [2.75, 3.05) is 31.4 Å². The largest absolute Gasteiger partial charge is 0.497 e. The van der Waals surface area contributed by atoms with Crippen LogP contribution in [0.25, 0.3) is 0 Å². The molecule has 1 aromatic carbocycles. The zero-order valence-electron chi connectivity index (χ0n) is 13.2. The fourth-order valence-electron chi connectivity index (χ4n) is 1.96. The van der Waals surface area contributed by atoms with Gasteiger partial charge >= 0.3 is 0 Å². The number of hydrogen-bond donors (Lipinski definition) is 2. The third kappa shape index (κ3) is 4.25. The lowest BCUT2D eigenvalue weighted by atomic mass is 10.2. The van der Waals surface area contributed by atoms with Gasteiger partial charge in [-0.2, -0.15) is 0 Å². The molecule has 2 N–H and O–H groups in total. The van der Waals surface area contributed by atoms with Crippen molar-refractivity contribution in [3.05, 3.63) is 30.6 Å². The van der Waals surface area contributed by atoms with Crippen LogP contribution in [-0.2, 0) is 0 Å². The zero-order chi connectivity index (χ0) is 15.8. The minimum absolute atomic E-state index is 0.693. The number of ether oxygens (including phenoxy) is 2. The van der Waals surface area contributed by atoms with E-state index in [1.54, 1.807) is 14.2 Å². The van der Waals surface area contributed by atoms with Crippen LogP contribution < -0.4 is 20.1 Å². The van der Waals surface area contributed by atoms with E-state index >= 15 is 0 Å². The topological polar surface area (TPSA) is 68.3 Å². The summed E-state index contributed by atoms with van der Waals surface area (Å²) < 4.78 is 10.6. The number of nitrogens with one attached hydrogen (secondary N) is 2. The summed E-state index contributed by atoms with van der Waals surface area (Å²) in [6.45, 7) is 3.06. The van der Waals surface area contributed by atoms with E-state index in [1.165, 1.54) is 6.33 Å². The number of unbranched alkanes of at least 4 members (excludes halogenated alkanes) is 1. The van der Waals surface area contributed by atoms with Crippen LogP contribution in [0.15, 0.2) is 30.6 Å². The maximum absolute atomic E-state index is 5.37. The molecule has 0 spiro atoms. The lowest BCUT2D eigenvalue weighted by Crippen LogP contribution is -2.04. The molecule has 1 heterocycles. The highest BCUT2D eigenvalue weighted by Crippen LogP contribution is 2.31. The molecule has 0 amide bonds. The molecule has 0 aliphatic carbocycles. The Balaban J connectivity index is 2.11. The first kappa shape index (κ1) is 15.9. The van der Waals surface area contributed by atoms with Gasteiger partial charge < -0.3 is 20.1 Å². The van der Waals surface area contributed by atoms with Crippen molar-refractivity contribution in [1.29, 1.82) is 0 Å². The number of nitrogens with zero attached hydrogens (tertiary/aromatic N) is 2. The summed E-state index contributed by atoms with van der Waals surface area (Å²) in [5.41, 5.74) is 0.821. The van der Waals surface area contributed by atoms with Crippen molar-refractivity contribution in [3.8, 4) is 11.5 Å². The molecule has 2 rings (SSSR count). The van der Waals surface area contributed by atoms with E-state index < -0.39 is 0 Å². The van der Waals surface area contributed by atoms with Crippen LogP contribution in [0.3, 0.4) is 0 Å². The summed E-state index contributed by atoms with van der Waals surface area (Å²) in [6, 6.07) is 7.46. The number of hydrogen-bond acceptors (Lipinski definition) is 6. The number of benzene rings is 1. The molecule has 0 saturated carbocycles. The SMILES string of the molecule is CCCCNc1cc(Nc2ccc(OC)cc2OC)ncn1. The Kier molecular flexibility index (Phi) is 5.82. The Morgan fingerprint density at radius 2 is 1.86 bits per heavy atom. The van der Waals surface area contributed by atoms with E-state index in [0.29, 0.717) is 11.6 Å². The third-order valence-electron chi connectivity index (χ3n) is 3.17. The highest BCUT2D eigenvalue weighted by molar-refractivity contribution is 5.66. The Labute approximate surface area is 130 Å². The molecule has 0 aliphatic heterocycles. The van der Waals surface area contributed by atoms with E-state index in [2.05, 4.69) is 27.5 Å². The quantitative estimate of drug-likeness (QED) is 0.728. The number of methoxy groups -OCH3 is 2. The molecule has 0 saturated heterocycles. The van der Waals surface area contributed by atoms with Gasteiger partial charge in [0, 0.05) is 18.7 Å². The molecule has 0 aliphatic rings. The molecule has 6 heteroatoms. The molecule has 1 aromatic heterocycles. The van der Waals surface area contributed by atoms with Gasteiger partial charge in [-0.1, -0.05) is 13.3 Å². The average Bonchev–Trinajstić information content (AvgIpc) is 2.56. The summed E-state index contributed by atoms with van der Waals surface area (Å²) >= 11 is 0. The molecular weight excluding hydrogens is 280 g/mol. The second-order valence-corrected chi connectivity index (χ2v) is 4.76. The van der Waals surface area contributed by atoms with Crippen molar-refractivity contribution in [2.24, 2.45) is 0 Å². The molecule has 0 bridgehead atoms. The number of rotatable bonds is 8. The maximum atomic E-state index is 5.37. The van der Waals surface area contributed by atoms with Crippen molar-refractivity contribution in [3.63, 3.8) is 0 Å². The molecule has 2 aromatic rings. The van der Waals surface area contributed by atoms with E-state index in [0.717, 1.165) is 36.6 Å². The lowest BCUT2D eigenvalue weighted by molar-refractivity contribution is 0.395. The molecule has 0 unspecified atom stereocenters. The highest BCUT2D eigenvalue weighted by atomic mass is 16.5. The van der Waals surface area contributed by atoms with Crippen LogP contribution in [0.4, 0.5) is 17.3 Å². The minimum Gasteiger partial charge on any atom is -0.497 e.